The van der Waals surface area contributed by atoms with Crippen LogP contribution < -0.4 is 0 Å². The van der Waals surface area contributed by atoms with Crippen LogP contribution in [0.1, 0.15) is 66.2 Å². The lowest BCUT2D eigenvalue weighted by Crippen LogP contribution is -2.46. The number of nitrogens with zero attached hydrogens (tertiary/aromatic N) is 2. The summed E-state index contributed by atoms with van der Waals surface area (Å²) in [5.41, 5.74) is 0. The molecule has 0 aliphatic carbocycles. The number of carboxylic acid groups (broad SMARTS) is 2. The van der Waals surface area contributed by atoms with E-state index in [4.69, 9.17) is 10.2 Å². The van der Waals surface area contributed by atoms with Crippen LogP contribution >= 0.6 is 0 Å². The molecule has 2 saturated heterocycles. The first-order chi connectivity index (χ1) is 11.2. The molecule has 4 unspecified atom stereocenters. The third-order valence-corrected chi connectivity index (χ3v) is 5.39. The van der Waals surface area contributed by atoms with Gasteiger partial charge in [-0.2, -0.15) is 0 Å². The van der Waals surface area contributed by atoms with E-state index in [0.29, 0.717) is 24.2 Å². The lowest BCUT2D eigenvalue weighted by atomic mass is 9.98. The predicted octanol–water partition coefficient (Wildman–Crippen LogP) is 2.67. The molecule has 2 aliphatic heterocycles. The molecule has 0 radical (unpaired) electrons. The van der Waals surface area contributed by atoms with E-state index in [1.807, 2.05) is 0 Å². The van der Waals surface area contributed by atoms with Gasteiger partial charge in [-0.15, -0.1) is 0 Å². The maximum absolute atomic E-state index is 10.5. The van der Waals surface area contributed by atoms with Gasteiger partial charge in [-0.1, -0.05) is 12.8 Å². The smallest absolute Gasteiger partial charge is 0.317 e. The summed E-state index contributed by atoms with van der Waals surface area (Å²) in [5, 5.41) is 17.3. The number of carbonyl (C=O) groups is 2. The largest absolute Gasteiger partial charge is 0.480 e. The third-order valence-electron chi connectivity index (χ3n) is 5.39. The molecule has 2 N–H and O–H groups in total. The number of hydrogen-bond acceptors (Lipinski definition) is 4. The highest BCUT2D eigenvalue weighted by Gasteiger charge is 2.26. The van der Waals surface area contributed by atoms with Crippen LogP contribution in [0.5, 0.6) is 0 Å². The highest BCUT2D eigenvalue weighted by atomic mass is 16.4. The molecule has 2 rings (SSSR count). The maximum atomic E-state index is 10.5. The number of carboxylic acids is 2. The Kier molecular flexibility index (Phi) is 8.70. The SMILES string of the molecule is CC1CCCC(C)N1CC(=O)O.CC1CCCC(C)N1[13CH2]C(=O)O. The lowest BCUT2D eigenvalue weighted by Gasteiger charge is -2.37. The van der Waals surface area contributed by atoms with E-state index >= 15 is 0 Å². The molecule has 0 bridgehead atoms. The monoisotopic (exact) mass is 343 g/mol. The third kappa shape index (κ3) is 6.77. The van der Waals surface area contributed by atoms with Gasteiger partial charge in [0.05, 0.1) is 13.1 Å². The Hall–Kier alpha value is -1.14. The molecule has 2 heterocycles. The van der Waals surface area contributed by atoms with Gasteiger partial charge in [0, 0.05) is 24.2 Å². The minimum Gasteiger partial charge on any atom is -0.480 e. The normalized spacial score (nSPS) is 31.8. The molecule has 6 heteroatoms. The lowest BCUT2D eigenvalue weighted by molar-refractivity contribution is -0.141. The van der Waals surface area contributed by atoms with Crippen LogP contribution in [-0.4, -0.2) is 69.2 Å². The van der Waals surface area contributed by atoms with Crippen molar-refractivity contribution in [2.75, 3.05) is 13.1 Å². The number of aliphatic carboxylic acids is 2. The average Bonchev–Trinajstić information content (AvgIpc) is 2.47. The first-order valence-corrected chi connectivity index (χ1v) is 9.17. The van der Waals surface area contributed by atoms with Crippen LogP contribution in [0.15, 0.2) is 0 Å². The van der Waals surface area contributed by atoms with E-state index in [0.717, 1.165) is 25.7 Å². The van der Waals surface area contributed by atoms with Crippen molar-refractivity contribution in [2.24, 2.45) is 0 Å². The van der Waals surface area contributed by atoms with E-state index in [-0.39, 0.29) is 13.1 Å². The topological polar surface area (TPSA) is 81.1 Å². The highest BCUT2D eigenvalue weighted by molar-refractivity contribution is 5.69. The highest BCUT2D eigenvalue weighted by Crippen LogP contribution is 2.22. The van der Waals surface area contributed by atoms with E-state index in [1.54, 1.807) is 0 Å². The first kappa shape index (κ1) is 20.9. The Morgan fingerprint density at radius 2 is 0.958 bits per heavy atom. The summed E-state index contributed by atoms with van der Waals surface area (Å²) < 4.78 is 0. The van der Waals surface area contributed by atoms with E-state index < -0.39 is 11.9 Å². The van der Waals surface area contributed by atoms with E-state index in [2.05, 4.69) is 37.5 Å². The first-order valence-electron chi connectivity index (χ1n) is 9.17. The van der Waals surface area contributed by atoms with Crippen LogP contribution in [0.2, 0.25) is 0 Å². The van der Waals surface area contributed by atoms with Gasteiger partial charge in [0.1, 0.15) is 0 Å². The molecular weight excluding hydrogens is 309 g/mol. The van der Waals surface area contributed by atoms with Crippen molar-refractivity contribution in [1.29, 1.82) is 0 Å². The van der Waals surface area contributed by atoms with Gasteiger partial charge in [0.25, 0.3) is 0 Å². The molecule has 2 aliphatic rings. The predicted molar refractivity (Wildman–Crippen MR) is 94.2 cm³/mol. The Balaban J connectivity index is 0.000000240. The molecule has 0 amide bonds. The maximum Gasteiger partial charge on any atom is 0.317 e. The van der Waals surface area contributed by atoms with Crippen LogP contribution in [-0.2, 0) is 9.59 Å². The summed E-state index contributed by atoms with van der Waals surface area (Å²) in [4.78, 5) is 25.2. The standard InChI is InChI=1S/2C9H17NO2/c2*1-7-4-3-5-8(2)10(7)6-9(11)12/h2*7-8H,3-6H2,1-2H3,(H,11,12)/i6+1;. The molecule has 2 fully saturated rings. The van der Waals surface area contributed by atoms with Crippen molar-refractivity contribution in [3.8, 4) is 0 Å². The summed E-state index contributed by atoms with van der Waals surface area (Å²) in [5.74, 6) is -1.42. The number of piperidine rings is 2. The van der Waals surface area contributed by atoms with Crippen molar-refractivity contribution < 1.29 is 19.8 Å². The van der Waals surface area contributed by atoms with Crippen molar-refractivity contribution in [3.63, 3.8) is 0 Å². The molecule has 0 saturated carbocycles. The Morgan fingerprint density at radius 3 is 1.17 bits per heavy atom. The summed E-state index contributed by atoms with van der Waals surface area (Å²) >= 11 is 0. The van der Waals surface area contributed by atoms with Crippen molar-refractivity contribution in [1.82, 2.24) is 9.80 Å². The van der Waals surface area contributed by atoms with Crippen molar-refractivity contribution >= 4 is 11.9 Å². The zero-order chi connectivity index (χ0) is 18.3. The Bertz CT molecular complexity index is 358. The number of likely N-dealkylation sites (tertiary alicyclic amines) is 2. The second-order valence-corrected chi connectivity index (χ2v) is 7.39. The van der Waals surface area contributed by atoms with Crippen LogP contribution in [0.4, 0.5) is 0 Å². The second-order valence-electron chi connectivity index (χ2n) is 7.39. The molecule has 4 atom stereocenters. The molecule has 0 spiro atoms. The van der Waals surface area contributed by atoms with Crippen molar-refractivity contribution in [2.45, 2.75) is 90.4 Å². The van der Waals surface area contributed by atoms with Crippen LogP contribution in [0.25, 0.3) is 0 Å². The fraction of sp³-hybridized carbons (Fsp3) is 0.889. The fourth-order valence-electron chi connectivity index (χ4n) is 3.89. The van der Waals surface area contributed by atoms with Gasteiger partial charge in [0.2, 0.25) is 0 Å². The summed E-state index contributed by atoms with van der Waals surface area (Å²) in [6.45, 7) is 8.83. The number of hydrogen-bond donors (Lipinski definition) is 2. The molecule has 24 heavy (non-hydrogen) atoms. The van der Waals surface area contributed by atoms with Gasteiger partial charge in [-0.25, -0.2) is 0 Å². The van der Waals surface area contributed by atoms with E-state index in [9.17, 15) is 9.59 Å². The quantitative estimate of drug-likeness (QED) is 0.764. The molecule has 6 nitrogen and oxygen atoms in total. The van der Waals surface area contributed by atoms with Crippen molar-refractivity contribution in [3.05, 3.63) is 0 Å². The minimum absolute atomic E-state index is 0.197. The zero-order valence-corrected chi connectivity index (χ0v) is 15.6. The van der Waals surface area contributed by atoms with Crippen LogP contribution in [0.3, 0.4) is 0 Å². The molecule has 0 aromatic carbocycles. The molecule has 0 aromatic rings. The summed E-state index contributed by atoms with van der Waals surface area (Å²) in [6.07, 6.45) is 7.02. The van der Waals surface area contributed by atoms with Gasteiger partial charge >= 0.3 is 11.9 Å². The number of rotatable bonds is 4. The fourth-order valence-corrected chi connectivity index (χ4v) is 3.89. The van der Waals surface area contributed by atoms with Gasteiger partial charge in [-0.05, 0) is 53.4 Å². The second kappa shape index (κ2) is 9.99. The Labute approximate surface area is 145 Å². The summed E-state index contributed by atoms with van der Waals surface area (Å²) in [6, 6.07) is 1.74. The average molecular weight is 343 g/mol. The minimum atomic E-state index is -0.712. The zero-order valence-electron chi connectivity index (χ0n) is 15.6. The summed E-state index contributed by atoms with van der Waals surface area (Å²) in [7, 11) is 0. The molecule has 0 aromatic heterocycles. The molecular formula is C18H34N2O4. The van der Waals surface area contributed by atoms with E-state index in [1.165, 1.54) is 12.8 Å². The molecule has 140 valence electrons. The Morgan fingerprint density at radius 1 is 0.708 bits per heavy atom. The van der Waals surface area contributed by atoms with Gasteiger partial charge in [0.15, 0.2) is 0 Å². The van der Waals surface area contributed by atoms with Crippen LogP contribution in [0, 0.1) is 0 Å². The van der Waals surface area contributed by atoms with Gasteiger partial charge < -0.3 is 10.2 Å². The van der Waals surface area contributed by atoms with Gasteiger partial charge in [-0.3, -0.25) is 19.4 Å².